The van der Waals surface area contributed by atoms with E-state index in [0.717, 1.165) is 25.8 Å². The van der Waals surface area contributed by atoms with Crippen LogP contribution < -0.4 is 5.73 Å². The van der Waals surface area contributed by atoms with E-state index in [2.05, 4.69) is 24.3 Å². The molecule has 0 radical (unpaired) electrons. The minimum Gasteiger partial charge on any atom is -0.379 e. The van der Waals surface area contributed by atoms with Crippen molar-refractivity contribution < 1.29 is 9.53 Å². The summed E-state index contributed by atoms with van der Waals surface area (Å²) in [7, 11) is 1.86. The Labute approximate surface area is 127 Å². The number of nitrogens with two attached hydrogens (primary N) is 1. The first-order chi connectivity index (χ1) is 10.0. The van der Waals surface area contributed by atoms with E-state index in [1.165, 1.54) is 5.56 Å². The third kappa shape index (κ3) is 3.83. The highest BCUT2D eigenvalue weighted by Crippen LogP contribution is 2.29. The summed E-state index contributed by atoms with van der Waals surface area (Å²) in [6.07, 6.45) is 3.15. The van der Waals surface area contributed by atoms with Crippen molar-refractivity contribution in [2.24, 2.45) is 11.1 Å². The molecule has 1 aliphatic rings. The van der Waals surface area contributed by atoms with E-state index < -0.39 is 5.41 Å². The third-order valence-electron chi connectivity index (χ3n) is 4.40. The first-order valence-electron chi connectivity index (χ1n) is 7.67. The molecule has 1 aliphatic heterocycles. The van der Waals surface area contributed by atoms with Gasteiger partial charge in [0.15, 0.2) is 0 Å². The van der Waals surface area contributed by atoms with Crippen molar-refractivity contribution >= 4 is 5.91 Å². The van der Waals surface area contributed by atoms with Crippen LogP contribution in [-0.4, -0.2) is 43.7 Å². The molecule has 1 aromatic rings. The number of ether oxygens (including phenoxy) is 1. The monoisotopic (exact) mass is 290 g/mol. The molecule has 0 aromatic heterocycles. The summed E-state index contributed by atoms with van der Waals surface area (Å²) >= 11 is 0. The molecule has 1 aromatic carbocycles. The first kappa shape index (κ1) is 16.0. The van der Waals surface area contributed by atoms with E-state index in [1.807, 2.05) is 20.0 Å². The fourth-order valence-corrected chi connectivity index (χ4v) is 2.77. The highest BCUT2D eigenvalue weighted by molar-refractivity contribution is 5.83. The minimum atomic E-state index is -0.561. The summed E-state index contributed by atoms with van der Waals surface area (Å²) in [6, 6.07) is 10.2. The number of carbonyl (C=O) groups is 1. The SMILES string of the molecule is CN(CCCCc1ccccc1)C(=O)C1(C)COCC1N. The normalized spacial score (nSPS) is 25.0. The minimum absolute atomic E-state index is 0.104. The molecule has 21 heavy (non-hydrogen) atoms. The molecule has 2 unspecified atom stereocenters. The van der Waals surface area contributed by atoms with Crippen LogP contribution in [0.2, 0.25) is 0 Å². The lowest BCUT2D eigenvalue weighted by Crippen LogP contribution is -2.50. The molecular formula is C17H26N2O2. The summed E-state index contributed by atoms with van der Waals surface area (Å²) in [5.74, 6) is 0.104. The molecular weight excluding hydrogens is 264 g/mol. The van der Waals surface area contributed by atoms with Gasteiger partial charge in [-0.05, 0) is 31.7 Å². The highest BCUT2D eigenvalue weighted by atomic mass is 16.5. The standard InChI is InChI=1S/C17H26N2O2/c1-17(13-21-12-15(17)18)16(20)19(2)11-7-6-10-14-8-4-3-5-9-14/h3-5,8-9,15H,6-7,10-13,18H2,1-2H3. The van der Waals surface area contributed by atoms with Crippen molar-refractivity contribution in [2.45, 2.75) is 32.2 Å². The quantitative estimate of drug-likeness (QED) is 0.813. The third-order valence-corrected chi connectivity index (χ3v) is 4.40. The van der Waals surface area contributed by atoms with Gasteiger partial charge >= 0.3 is 0 Å². The zero-order chi connectivity index (χ0) is 15.3. The van der Waals surface area contributed by atoms with Gasteiger partial charge in [-0.15, -0.1) is 0 Å². The van der Waals surface area contributed by atoms with E-state index in [-0.39, 0.29) is 11.9 Å². The zero-order valence-electron chi connectivity index (χ0n) is 13.0. The van der Waals surface area contributed by atoms with Gasteiger partial charge in [-0.1, -0.05) is 30.3 Å². The summed E-state index contributed by atoms with van der Waals surface area (Å²) < 4.78 is 5.35. The van der Waals surface area contributed by atoms with E-state index in [0.29, 0.717) is 13.2 Å². The summed E-state index contributed by atoms with van der Waals surface area (Å²) in [5, 5.41) is 0. The van der Waals surface area contributed by atoms with Gasteiger partial charge in [-0.2, -0.15) is 0 Å². The molecule has 4 heteroatoms. The molecule has 1 amide bonds. The Bertz CT molecular complexity index is 463. The van der Waals surface area contributed by atoms with Crippen LogP contribution in [0.4, 0.5) is 0 Å². The molecule has 0 aliphatic carbocycles. The number of hydrogen-bond donors (Lipinski definition) is 1. The van der Waals surface area contributed by atoms with E-state index >= 15 is 0 Å². The molecule has 2 atom stereocenters. The molecule has 0 bridgehead atoms. The summed E-state index contributed by atoms with van der Waals surface area (Å²) in [5.41, 5.74) is 6.80. The first-order valence-corrected chi connectivity index (χ1v) is 7.67. The maximum atomic E-state index is 12.5. The lowest BCUT2D eigenvalue weighted by atomic mass is 9.84. The fourth-order valence-electron chi connectivity index (χ4n) is 2.77. The molecule has 0 saturated carbocycles. The van der Waals surface area contributed by atoms with Crippen LogP contribution >= 0.6 is 0 Å². The van der Waals surface area contributed by atoms with Crippen LogP contribution in [0.5, 0.6) is 0 Å². The molecule has 1 saturated heterocycles. The number of benzene rings is 1. The van der Waals surface area contributed by atoms with E-state index in [9.17, 15) is 4.79 Å². The van der Waals surface area contributed by atoms with Crippen LogP contribution in [0.1, 0.15) is 25.3 Å². The predicted molar refractivity (Wildman–Crippen MR) is 83.9 cm³/mol. The van der Waals surface area contributed by atoms with Gasteiger partial charge in [0.1, 0.15) is 0 Å². The molecule has 1 fully saturated rings. The molecule has 116 valence electrons. The largest absolute Gasteiger partial charge is 0.379 e. The molecule has 2 rings (SSSR count). The average molecular weight is 290 g/mol. The van der Waals surface area contributed by atoms with Crippen molar-refractivity contribution in [2.75, 3.05) is 26.8 Å². The van der Waals surface area contributed by atoms with Crippen molar-refractivity contribution in [3.05, 3.63) is 35.9 Å². The second kappa shape index (κ2) is 7.05. The Kier molecular flexibility index (Phi) is 5.37. The van der Waals surface area contributed by atoms with Gasteiger partial charge in [-0.3, -0.25) is 4.79 Å². The second-order valence-corrected chi connectivity index (χ2v) is 6.21. The maximum Gasteiger partial charge on any atom is 0.232 e. The Hall–Kier alpha value is -1.39. The van der Waals surface area contributed by atoms with Gasteiger partial charge in [0.25, 0.3) is 0 Å². The topological polar surface area (TPSA) is 55.6 Å². The lowest BCUT2D eigenvalue weighted by molar-refractivity contribution is -0.140. The van der Waals surface area contributed by atoms with Gasteiger partial charge in [0.2, 0.25) is 5.91 Å². The molecule has 1 heterocycles. The Morgan fingerprint density at radius 1 is 1.38 bits per heavy atom. The van der Waals surface area contributed by atoms with Crippen LogP contribution in [-0.2, 0) is 16.0 Å². The van der Waals surface area contributed by atoms with Crippen LogP contribution in [0, 0.1) is 5.41 Å². The van der Waals surface area contributed by atoms with Crippen LogP contribution in [0.15, 0.2) is 30.3 Å². The second-order valence-electron chi connectivity index (χ2n) is 6.21. The van der Waals surface area contributed by atoms with Crippen molar-refractivity contribution in [3.8, 4) is 0 Å². The number of nitrogens with zero attached hydrogens (tertiary/aromatic N) is 1. The van der Waals surface area contributed by atoms with Crippen LogP contribution in [0.3, 0.4) is 0 Å². The molecule has 2 N–H and O–H groups in total. The van der Waals surface area contributed by atoms with Crippen molar-refractivity contribution in [1.29, 1.82) is 0 Å². The lowest BCUT2D eigenvalue weighted by Gasteiger charge is -2.30. The Morgan fingerprint density at radius 3 is 2.71 bits per heavy atom. The van der Waals surface area contributed by atoms with Gasteiger partial charge < -0.3 is 15.4 Å². The number of hydrogen-bond acceptors (Lipinski definition) is 3. The molecule has 0 spiro atoms. The molecule has 4 nitrogen and oxygen atoms in total. The van der Waals surface area contributed by atoms with Crippen LogP contribution in [0.25, 0.3) is 0 Å². The zero-order valence-corrected chi connectivity index (χ0v) is 13.0. The number of amides is 1. The van der Waals surface area contributed by atoms with Gasteiger partial charge in [0, 0.05) is 19.6 Å². The predicted octanol–water partition coefficient (Wildman–Crippen LogP) is 1.83. The average Bonchev–Trinajstić information content (AvgIpc) is 2.84. The van der Waals surface area contributed by atoms with E-state index in [4.69, 9.17) is 10.5 Å². The van der Waals surface area contributed by atoms with Gasteiger partial charge in [-0.25, -0.2) is 0 Å². The van der Waals surface area contributed by atoms with Gasteiger partial charge in [0.05, 0.1) is 18.6 Å². The summed E-state index contributed by atoms with van der Waals surface area (Å²) in [6.45, 7) is 3.59. The highest BCUT2D eigenvalue weighted by Gasteiger charge is 2.45. The van der Waals surface area contributed by atoms with Crippen molar-refractivity contribution in [3.63, 3.8) is 0 Å². The van der Waals surface area contributed by atoms with E-state index in [1.54, 1.807) is 4.90 Å². The smallest absolute Gasteiger partial charge is 0.232 e. The number of unbranched alkanes of at least 4 members (excludes halogenated alkanes) is 1. The Morgan fingerprint density at radius 2 is 2.10 bits per heavy atom. The fraction of sp³-hybridized carbons (Fsp3) is 0.588. The Balaban J connectivity index is 1.74. The maximum absolute atomic E-state index is 12.5. The number of carbonyl (C=O) groups excluding carboxylic acids is 1. The number of aryl methyl sites for hydroxylation is 1. The van der Waals surface area contributed by atoms with Crippen molar-refractivity contribution in [1.82, 2.24) is 4.90 Å². The summed E-state index contributed by atoms with van der Waals surface area (Å²) in [4.78, 5) is 14.3. The number of rotatable bonds is 6.